The van der Waals surface area contributed by atoms with Crippen LogP contribution in [0.25, 0.3) is 0 Å². The number of nitrogens with one attached hydrogen (secondary N) is 2. The fourth-order valence-corrected chi connectivity index (χ4v) is 3.44. The van der Waals surface area contributed by atoms with Crippen molar-refractivity contribution in [3.63, 3.8) is 0 Å². The fraction of sp³-hybridized carbons (Fsp3) is 0.444. The Hall–Kier alpha value is -1.15. The minimum atomic E-state index is 0. The molecule has 0 radical (unpaired) electrons. The first-order valence-corrected chi connectivity index (χ1v) is 8.88. The minimum absolute atomic E-state index is 0. The molecular weight excluding hydrogens is 431 g/mol. The molecule has 2 rings (SSSR count). The van der Waals surface area contributed by atoms with Crippen LogP contribution in [0.4, 0.5) is 0 Å². The third-order valence-electron chi connectivity index (χ3n) is 3.92. The van der Waals surface area contributed by atoms with E-state index in [4.69, 9.17) is 0 Å². The van der Waals surface area contributed by atoms with Crippen LogP contribution in [-0.4, -0.2) is 24.5 Å². The first kappa shape index (κ1) is 20.9. The molecule has 0 saturated heterocycles. The van der Waals surface area contributed by atoms with Gasteiger partial charge in [-0.05, 0) is 25.8 Å². The Kier molecular flexibility index (Phi) is 9.28. The van der Waals surface area contributed by atoms with Crippen molar-refractivity contribution in [2.45, 2.75) is 39.7 Å². The van der Waals surface area contributed by atoms with Crippen LogP contribution < -0.4 is 10.6 Å². The van der Waals surface area contributed by atoms with Crippen molar-refractivity contribution < 1.29 is 0 Å². The second kappa shape index (κ2) is 10.7. The summed E-state index contributed by atoms with van der Waals surface area (Å²) in [5.74, 6) is 1.33. The molecule has 0 fully saturated rings. The summed E-state index contributed by atoms with van der Waals surface area (Å²) in [6, 6.07) is 10.6. The van der Waals surface area contributed by atoms with Gasteiger partial charge in [0.1, 0.15) is 0 Å². The number of halogens is 1. The van der Waals surface area contributed by atoms with E-state index < -0.39 is 0 Å². The van der Waals surface area contributed by atoms with Gasteiger partial charge in [-0.25, -0.2) is 4.98 Å². The van der Waals surface area contributed by atoms with Gasteiger partial charge in [-0.15, -0.1) is 35.3 Å². The van der Waals surface area contributed by atoms with E-state index >= 15 is 0 Å². The van der Waals surface area contributed by atoms with E-state index in [0.29, 0.717) is 5.92 Å². The zero-order valence-electron chi connectivity index (χ0n) is 14.8. The molecule has 1 unspecified atom stereocenters. The maximum absolute atomic E-state index is 4.46. The van der Waals surface area contributed by atoms with E-state index in [1.165, 1.54) is 10.4 Å². The van der Waals surface area contributed by atoms with Gasteiger partial charge >= 0.3 is 0 Å². The molecule has 0 amide bonds. The van der Waals surface area contributed by atoms with Crippen LogP contribution in [0, 0.1) is 13.8 Å². The molecule has 1 aromatic carbocycles. The number of hydrogen-bond acceptors (Lipinski definition) is 3. The highest BCUT2D eigenvalue weighted by Gasteiger charge is 2.10. The number of benzene rings is 1. The van der Waals surface area contributed by atoms with Crippen molar-refractivity contribution in [2.24, 2.45) is 4.99 Å². The van der Waals surface area contributed by atoms with Crippen LogP contribution in [0.3, 0.4) is 0 Å². The molecule has 1 atom stereocenters. The van der Waals surface area contributed by atoms with Crippen molar-refractivity contribution >= 4 is 41.3 Å². The molecule has 0 aliphatic rings. The number of rotatable bonds is 6. The molecule has 0 bridgehead atoms. The quantitative estimate of drug-likeness (QED) is 0.387. The fourth-order valence-electron chi connectivity index (χ4n) is 2.57. The monoisotopic (exact) mass is 458 g/mol. The number of nitrogens with zero attached hydrogens (tertiary/aromatic N) is 2. The summed E-state index contributed by atoms with van der Waals surface area (Å²) >= 11 is 1.74. The highest BCUT2D eigenvalue weighted by Crippen LogP contribution is 2.18. The lowest BCUT2D eigenvalue weighted by molar-refractivity contribution is 0.630. The summed E-state index contributed by atoms with van der Waals surface area (Å²) in [5, 5.41) is 7.93. The molecule has 6 heteroatoms. The highest BCUT2D eigenvalue weighted by atomic mass is 127. The molecule has 0 saturated carbocycles. The standard InChI is InChI=1S/C18H26N4S.HI/c1-5-15(16-9-7-6-8-10-16)11-20-18(19-4)21-12-17-13(2)22-14(3)23-17;/h6-10,15H,5,11-12H2,1-4H3,(H2,19,20,21);1H. The summed E-state index contributed by atoms with van der Waals surface area (Å²) in [7, 11) is 1.81. The van der Waals surface area contributed by atoms with Crippen molar-refractivity contribution in [2.75, 3.05) is 13.6 Å². The Morgan fingerprint density at radius 3 is 2.46 bits per heavy atom. The molecule has 132 valence electrons. The van der Waals surface area contributed by atoms with Crippen molar-refractivity contribution in [1.29, 1.82) is 0 Å². The van der Waals surface area contributed by atoms with E-state index in [9.17, 15) is 0 Å². The molecule has 0 spiro atoms. The van der Waals surface area contributed by atoms with Gasteiger partial charge in [-0.3, -0.25) is 4.99 Å². The van der Waals surface area contributed by atoms with Gasteiger partial charge in [0.25, 0.3) is 0 Å². The van der Waals surface area contributed by atoms with Gasteiger partial charge in [0.05, 0.1) is 17.2 Å². The molecule has 2 aromatic rings. The first-order chi connectivity index (χ1) is 11.1. The highest BCUT2D eigenvalue weighted by molar-refractivity contribution is 14.0. The number of aromatic nitrogens is 1. The lowest BCUT2D eigenvalue weighted by Gasteiger charge is -2.18. The predicted molar refractivity (Wildman–Crippen MR) is 115 cm³/mol. The van der Waals surface area contributed by atoms with E-state index in [2.05, 4.69) is 64.8 Å². The topological polar surface area (TPSA) is 49.3 Å². The van der Waals surface area contributed by atoms with Crippen molar-refractivity contribution in [3.05, 3.63) is 51.5 Å². The maximum atomic E-state index is 4.46. The normalized spacial score (nSPS) is 12.4. The first-order valence-electron chi connectivity index (χ1n) is 8.06. The van der Waals surface area contributed by atoms with Crippen LogP contribution in [0.5, 0.6) is 0 Å². The Morgan fingerprint density at radius 1 is 1.21 bits per heavy atom. The molecule has 2 N–H and O–H groups in total. The Balaban J connectivity index is 0.00000288. The second-order valence-electron chi connectivity index (χ2n) is 5.56. The molecule has 0 aliphatic carbocycles. The molecule has 1 aromatic heterocycles. The van der Waals surface area contributed by atoms with Crippen LogP contribution in [0.1, 0.15) is 40.4 Å². The van der Waals surface area contributed by atoms with Gasteiger partial charge in [-0.2, -0.15) is 0 Å². The van der Waals surface area contributed by atoms with Gasteiger partial charge in [0, 0.05) is 24.4 Å². The smallest absolute Gasteiger partial charge is 0.191 e. The lowest BCUT2D eigenvalue weighted by Crippen LogP contribution is -2.38. The zero-order valence-corrected chi connectivity index (χ0v) is 17.9. The number of thiazole rings is 1. The van der Waals surface area contributed by atoms with E-state index in [1.54, 1.807) is 11.3 Å². The second-order valence-corrected chi connectivity index (χ2v) is 6.85. The summed E-state index contributed by atoms with van der Waals surface area (Å²) in [6.07, 6.45) is 1.10. The summed E-state index contributed by atoms with van der Waals surface area (Å²) in [6.45, 7) is 7.96. The average Bonchev–Trinajstić information content (AvgIpc) is 2.89. The van der Waals surface area contributed by atoms with Gasteiger partial charge < -0.3 is 10.6 Å². The van der Waals surface area contributed by atoms with Gasteiger partial charge in [0.2, 0.25) is 0 Å². The van der Waals surface area contributed by atoms with E-state index in [1.807, 2.05) is 14.0 Å². The van der Waals surface area contributed by atoms with Crippen LogP contribution in [-0.2, 0) is 6.54 Å². The minimum Gasteiger partial charge on any atom is -0.356 e. The van der Waals surface area contributed by atoms with Crippen LogP contribution >= 0.6 is 35.3 Å². The average molecular weight is 458 g/mol. The summed E-state index contributed by atoms with van der Waals surface area (Å²) in [4.78, 5) is 10.0. The third-order valence-corrected chi connectivity index (χ3v) is 4.99. The summed E-state index contributed by atoms with van der Waals surface area (Å²) in [5.41, 5.74) is 2.47. The molecule has 0 aliphatic heterocycles. The van der Waals surface area contributed by atoms with E-state index in [-0.39, 0.29) is 24.0 Å². The molecular formula is C18H27IN4S. The van der Waals surface area contributed by atoms with Crippen molar-refractivity contribution in [3.8, 4) is 0 Å². The Labute approximate surface area is 166 Å². The van der Waals surface area contributed by atoms with Crippen LogP contribution in [0.2, 0.25) is 0 Å². The van der Waals surface area contributed by atoms with Crippen LogP contribution in [0.15, 0.2) is 35.3 Å². The number of hydrogen-bond donors (Lipinski definition) is 2. The predicted octanol–water partition coefficient (Wildman–Crippen LogP) is 4.24. The van der Waals surface area contributed by atoms with Gasteiger partial charge in [0.15, 0.2) is 5.96 Å². The van der Waals surface area contributed by atoms with E-state index in [0.717, 1.165) is 36.2 Å². The van der Waals surface area contributed by atoms with Crippen molar-refractivity contribution in [1.82, 2.24) is 15.6 Å². The Morgan fingerprint density at radius 2 is 1.92 bits per heavy atom. The molecule has 4 nitrogen and oxygen atoms in total. The summed E-state index contributed by atoms with van der Waals surface area (Å²) < 4.78 is 0. The third kappa shape index (κ3) is 6.05. The molecule has 24 heavy (non-hydrogen) atoms. The molecule has 1 heterocycles. The zero-order chi connectivity index (χ0) is 16.7. The number of guanidine groups is 1. The Bertz CT molecular complexity index is 640. The lowest BCUT2D eigenvalue weighted by atomic mass is 9.97. The maximum Gasteiger partial charge on any atom is 0.191 e. The largest absolute Gasteiger partial charge is 0.356 e. The van der Waals surface area contributed by atoms with Gasteiger partial charge in [-0.1, -0.05) is 37.3 Å². The number of aliphatic imine (C=N–C) groups is 1. The SMILES string of the molecule is CCC(CNC(=NC)NCc1sc(C)nc1C)c1ccccc1.I. The number of aryl methyl sites for hydroxylation is 2.